The van der Waals surface area contributed by atoms with Gasteiger partial charge in [0.2, 0.25) is 15.9 Å². The summed E-state index contributed by atoms with van der Waals surface area (Å²) >= 11 is 5.75. The molecule has 0 heterocycles. The van der Waals surface area contributed by atoms with Crippen molar-refractivity contribution in [3.63, 3.8) is 0 Å². The highest BCUT2D eigenvalue weighted by atomic mass is 35.5. The molecule has 1 aliphatic rings. The number of carbonyl (C=O) groups is 1. The van der Waals surface area contributed by atoms with E-state index in [-0.39, 0.29) is 23.4 Å². The van der Waals surface area contributed by atoms with Crippen molar-refractivity contribution >= 4 is 27.5 Å². The molecular weight excluding hydrogens is 312 g/mol. The summed E-state index contributed by atoms with van der Waals surface area (Å²) in [5, 5.41) is 3.30. The minimum absolute atomic E-state index is 0.101. The standard InChI is InChI=1S/C14H19ClN2O3S/c1-10(11-3-4-11)16-14(18)9-17(2)21(19,20)13-7-5-12(15)6-8-13/h5-8,10-11H,3-4,9H2,1-2H3,(H,16,18). The number of hydrogen-bond donors (Lipinski definition) is 1. The molecule has 1 aromatic carbocycles. The second-order valence-electron chi connectivity index (χ2n) is 5.41. The molecule has 0 aliphatic heterocycles. The second-order valence-corrected chi connectivity index (χ2v) is 7.89. The van der Waals surface area contributed by atoms with E-state index in [0.29, 0.717) is 10.9 Å². The number of nitrogens with zero attached hydrogens (tertiary/aromatic N) is 1. The molecule has 7 heteroatoms. The molecule has 1 unspecified atom stereocenters. The Morgan fingerprint density at radius 1 is 1.38 bits per heavy atom. The molecule has 116 valence electrons. The first kappa shape index (κ1) is 16.3. The van der Waals surface area contributed by atoms with Crippen LogP contribution in [0.25, 0.3) is 0 Å². The Morgan fingerprint density at radius 2 is 1.95 bits per heavy atom. The van der Waals surface area contributed by atoms with Crippen molar-refractivity contribution in [3.05, 3.63) is 29.3 Å². The van der Waals surface area contributed by atoms with Crippen molar-refractivity contribution in [1.29, 1.82) is 0 Å². The van der Waals surface area contributed by atoms with E-state index in [9.17, 15) is 13.2 Å². The summed E-state index contributed by atoms with van der Waals surface area (Å²) in [5.41, 5.74) is 0. The molecule has 0 spiro atoms. The zero-order valence-corrected chi connectivity index (χ0v) is 13.6. The van der Waals surface area contributed by atoms with Gasteiger partial charge in [-0.15, -0.1) is 0 Å². The Bertz CT molecular complexity index is 612. The van der Waals surface area contributed by atoms with Crippen LogP contribution >= 0.6 is 11.6 Å². The maximum atomic E-state index is 12.3. The SMILES string of the molecule is CC(NC(=O)CN(C)S(=O)(=O)c1ccc(Cl)cc1)C1CC1. The molecule has 1 aromatic rings. The fraction of sp³-hybridized carbons (Fsp3) is 0.500. The van der Waals surface area contributed by atoms with Gasteiger partial charge in [-0.3, -0.25) is 4.79 Å². The molecule has 0 saturated heterocycles. The van der Waals surface area contributed by atoms with Crippen LogP contribution in [0.2, 0.25) is 5.02 Å². The maximum Gasteiger partial charge on any atom is 0.243 e. The predicted molar refractivity (Wildman–Crippen MR) is 81.6 cm³/mol. The normalized spacial score (nSPS) is 16.8. The minimum Gasteiger partial charge on any atom is -0.352 e. The third-order valence-corrected chi connectivity index (χ3v) is 5.68. The molecule has 0 radical (unpaired) electrons. The number of nitrogens with one attached hydrogen (secondary N) is 1. The monoisotopic (exact) mass is 330 g/mol. The fourth-order valence-corrected chi connectivity index (χ4v) is 3.34. The van der Waals surface area contributed by atoms with E-state index >= 15 is 0 Å². The first-order valence-electron chi connectivity index (χ1n) is 6.82. The van der Waals surface area contributed by atoms with Crippen LogP contribution in [-0.2, 0) is 14.8 Å². The Balaban J connectivity index is 1.99. The summed E-state index contributed by atoms with van der Waals surface area (Å²) in [4.78, 5) is 12.0. The topological polar surface area (TPSA) is 66.5 Å². The van der Waals surface area contributed by atoms with E-state index in [1.54, 1.807) is 0 Å². The van der Waals surface area contributed by atoms with Crippen LogP contribution in [-0.4, -0.2) is 38.3 Å². The first-order valence-corrected chi connectivity index (χ1v) is 8.64. The van der Waals surface area contributed by atoms with Crippen molar-refractivity contribution in [3.8, 4) is 0 Å². The zero-order chi connectivity index (χ0) is 15.6. The molecule has 1 N–H and O–H groups in total. The highest BCUT2D eigenvalue weighted by Gasteiger charge is 2.30. The van der Waals surface area contributed by atoms with Crippen molar-refractivity contribution < 1.29 is 13.2 Å². The summed E-state index contributed by atoms with van der Waals surface area (Å²) < 4.78 is 25.7. The van der Waals surface area contributed by atoms with E-state index in [1.807, 2.05) is 6.92 Å². The van der Waals surface area contributed by atoms with Gasteiger partial charge < -0.3 is 5.32 Å². The lowest BCUT2D eigenvalue weighted by molar-refractivity contribution is -0.121. The van der Waals surface area contributed by atoms with Gasteiger partial charge in [-0.25, -0.2) is 8.42 Å². The maximum absolute atomic E-state index is 12.3. The van der Waals surface area contributed by atoms with E-state index < -0.39 is 10.0 Å². The highest BCUT2D eigenvalue weighted by molar-refractivity contribution is 7.89. The zero-order valence-electron chi connectivity index (χ0n) is 12.0. The smallest absolute Gasteiger partial charge is 0.243 e. The third kappa shape index (κ3) is 4.18. The van der Waals surface area contributed by atoms with Crippen molar-refractivity contribution in [2.75, 3.05) is 13.6 Å². The largest absolute Gasteiger partial charge is 0.352 e. The molecule has 0 aromatic heterocycles. The summed E-state index contributed by atoms with van der Waals surface area (Å²) in [6, 6.07) is 5.98. The number of hydrogen-bond acceptors (Lipinski definition) is 3. The van der Waals surface area contributed by atoms with Crippen LogP contribution in [0.1, 0.15) is 19.8 Å². The molecule has 5 nitrogen and oxygen atoms in total. The van der Waals surface area contributed by atoms with Crippen LogP contribution in [0.3, 0.4) is 0 Å². The summed E-state index contributed by atoms with van der Waals surface area (Å²) in [6.45, 7) is 1.76. The Morgan fingerprint density at radius 3 is 2.48 bits per heavy atom. The van der Waals surface area contributed by atoms with Gasteiger partial charge in [-0.1, -0.05) is 11.6 Å². The van der Waals surface area contributed by atoms with Crippen LogP contribution < -0.4 is 5.32 Å². The second kappa shape index (κ2) is 6.34. The summed E-state index contributed by atoms with van der Waals surface area (Å²) in [5.74, 6) is 0.251. The average Bonchev–Trinajstić information content (AvgIpc) is 3.23. The first-order chi connectivity index (χ1) is 9.80. The number of likely N-dealkylation sites (N-methyl/N-ethyl adjacent to an activating group) is 1. The lowest BCUT2D eigenvalue weighted by Gasteiger charge is -2.19. The van der Waals surface area contributed by atoms with Crippen LogP contribution in [0.5, 0.6) is 0 Å². The summed E-state index contributed by atoms with van der Waals surface area (Å²) in [6.07, 6.45) is 2.25. The summed E-state index contributed by atoms with van der Waals surface area (Å²) in [7, 11) is -2.28. The number of amides is 1. The minimum atomic E-state index is -3.68. The van der Waals surface area contributed by atoms with Gasteiger partial charge in [0.1, 0.15) is 0 Å². The molecule has 1 fully saturated rings. The van der Waals surface area contributed by atoms with Gasteiger partial charge in [0.25, 0.3) is 0 Å². The Labute approximate surface area is 130 Å². The molecule has 21 heavy (non-hydrogen) atoms. The lowest BCUT2D eigenvalue weighted by atomic mass is 10.2. The molecule has 2 rings (SSSR count). The van der Waals surface area contributed by atoms with Crippen LogP contribution in [0.15, 0.2) is 29.2 Å². The molecule has 1 aliphatic carbocycles. The highest BCUT2D eigenvalue weighted by Crippen LogP contribution is 2.32. The molecule has 1 saturated carbocycles. The van der Waals surface area contributed by atoms with E-state index in [1.165, 1.54) is 31.3 Å². The van der Waals surface area contributed by atoms with Gasteiger partial charge in [-0.05, 0) is 49.9 Å². The molecule has 1 amide bonds. The van der Waals surface area contributed by atoms with Crippen LogP contribution in [0.4, 0.5) is 0 Å². The number of sulfonamides is 1. The van der Waals surface area contributed by atoms with Crippen molar-refractivity contribution in [2.24, 2.45) is 5.92 Å². The van der Waals surface area contributed by atoms with Gasteiger partial charge in [0.05, 0.1) is 11.4 Å². The number of carbonyl (C=O) groups excluding carboxylic acids is 1. The van der Waals surface area contributed by atoms with Gasteiger partial charge in [0.15, 0.2) is 0 Å². The van der Waals surface area contributed by atoms with Crippen molar-refractivity contribution in [1.82, 2.24) is 9.62 Å². The molecule has 1 atom stereocenters. The number of rotatable bonds is 6. The molecular formula is C14H19ClN2O3S. The fourth-order valence-electron chi connectivity index (χ4n) is 2.09. The number of benzene rings is 1. The van der Waals surface area contributed by atoms with E-state index in [2.05, 4.69) is 5.32 Å². The number of halogens is 1. The van der Waals surface area contributed by atoms with E-state index in [0.717, 1.165) is 17.1 Å². The quantitative estimate of drug-likeness (QED) is 0.866. The lowest BCUT2D eigenvalue weighted by Crippen LogP contribution is -2.42. The van der Waals surface area contributed by atoms with Gasteiger partial charge in [0, 0.05) is 18.1 Å². The van der Waals surface area contributed by atoms with Gasteiger partial charge >= 0.3 is 0 Å². The van der Waals surface area contributed by atoms with Crippen molar-refractivity contribution in [2.45, 2.75) is 30.7 Å². The van der Waals surface area contributed by atoms with Gasteiger partial charge in [-0.2, -0.15) is 4.31 Å². The molecule has 0 bridgehead atoms. The average molecular weight is 331 g/mol. The Kier molecular flexibility index (Phi) is 4.91. The van der Waals surface area contributed by atoms with Crippen LogP contribution in [0, 0.1) is 5.92 Å². The third-order valence-electron chi connectivity index (χ3n) is 3.61. The Hall–Kier alpha value is -1.11. The predicted octanol–water partition coefficient (Wildman–Crippen LogP) is 1.88. The van der Waals surface area contributed by atoms with E-state index in [4.69, 9.17) is 11.6 Å².